The van der Waals surface area contributed by atoms with E-state index in [2.05, 4.69) is 17.2 Å². The minimum absolute atomic E-state index is 0.0679. The highest BCUT2D eigenvalue weighted by atomic mass is 16.5. The summed E-state index contributed by atoms with van der Waals surface area (Å²) < 4.78 is 5.56. The minimum Gasteiger partial charge on any atom is -0.483 e. The van der Waals surface area contributed by atoms with Crippen LogP contribution in [0.5, 0.6) is 5.75 Å². The molecule has 6 heteroatoms. The number of rotatable bonds is 8. The van der Waals surface area contributed by atoms with Crippen LogP contribution in [-0.2, 0) is 9.59 Å². The summed E-state index contributed by atoms with van der Waals surface area (Å²) >= 11 is 0. The van der Waals surface area contributed by atoms with Gasteiger partial charge in [0, 0.05) is 17.8 Å². The Morgan fingerprint density at radius 3 is 2.52 bits per heavy atom. The van der Waals surface area contributed by atoms with E-state index in [1.807, 2.05) is 24.3 Å². The molecule has 0 spiro atoms. The third-order valence-electron chi connectivity index (χ3n) is 3.41. The summed E-state index contributed by atoms with van der Waals surface area (Å²) in [5.74, 6) is -0.428. The maximum Gasteiger partial charge on any atom is 0.262 e. The first-order chi connectivity index (χ1) is 13.1. The Hall–Kier alpha value is -3.85. The fraction of sp³-hybridized carbons (Fsp3) is 0.0952. The molecule has 27 heavy (non-hydrogen) atoms. The number of anilines is 1. The lowest BCUT2D eigenvalue weighted by Crippen LogP contribution is -2.24. The van der Waals surface area contributed by atoms with Crippen LogP contribution in [0.15, 0.2) is 72.8 Å². The quantitative estimate of drug-likeness (QED) is 0.430. The molecular formula is C21H19N3O3. The summed E-state index contributed by atoms with van der Waals surface area (Å²) in [6.45, 7) is 3.57. The molecule has 0 unspecified atom stereocenters. The van der Waals surface area contributed by atoms with Crippen LogP contribution in [0.4, 0.5) is 5.69 Å². The molecule has 6 nitrogen and oxygen atoms in total. The number of ether oxygens (including phenoxy) is 1. The first-order valence-corrected chi connectivity index (χ1v) is 8.21. The van der Waals surface area contributed by atoms with Crippen LogP contribution < -0.4 is 15.4 Å². The SMILES string of the molecule is C=CCNC(=O)/C(C#N)=C/c1ccccc1OCC(=O)Nc1ccccc1. The van der Waals surface area contributed by atoms with Crippen molar-refractivity contribution in [3.8, 4) is 11.8 Å². The Kier molecular flexibility index (Phi) is 7.37. The molecule has 0 saturated heterocycles. The van der Waals surface area contributed by atoms with Crippen molar-refractivity contribution in [3.05, 3.63) is 78.4 Å². The van der Waals surface area contributed by atoms with Gasteiger partial charge in [-0.2, -0.15) is 5.26 Å². The highest BCUT2D eigenvalue weighted by molar-refractivity contribution is 6.02. The number of carbonyl (C=O) groups is 2. The second kappa shape index (κ2) is 10.2. The van der Waals surface area contributed by atoms with Crippen molar-refractivity contribution in [2.75, 3.05) is 18.5 Å². The molecule has 0 aromatic heterocycles. The first-order valence-electron chi connectivity index (χ1n) is 8.21. The lowest BCUT2D eigenvalue weighted by molar-refractivity contribution is -0.118. The number of amides is 2. The van der Waals surface area contributed by atoms with E-state index < -0.39 is 5.91 Å². The fourth-order valence-electron chi connectivity index (χ4n) is 2.16. The Morgan fingerprint density at radius 2 is 1.81 bits per heavy atom. The van der Waals surface area contributed by atoms with Crippen molar-refractivity contribution in [2.24, 2.45) is 0 Å². The minimum atomic E-state index is -0.506. The summed E-state index contributed by atoms with van der Waals surface area (Å²) in [6.07, 6.45) is 2.94. The zero-order valence-electron chi connectivity index (χ0n) is 14.6. The number of benzene rings is 2. The molecule has 2 rings (SSSR count). The Labute approximate surface area is 157 Å². The number of hydrogen-bond acceptors (Lipinski definition) is 4. The monoisotopic (exact) mass is 361 g/mol. The molecular weight excluding hydrogens is 342 g/mol. The fourth-order valence-corrected chi connectivity index (χ4v) is 2.16. The van der Waals surface area contributed by atoms with Gasteiger partial charge in [0.15, 0.2) is 6.61 Å². The van der Waals surface area contributed by atoms with Gasteiger partial charge >= 0.3 is 0 Å². The average Bonchev–Trinajstić information content (AvgIpc) is 2.70. The van der Waals surface area contributed by atoms with Gasteiger partial charge in [-0.15, -0.1) is 6.58 Å². The molecule has 0 heterocycles. The van der Waals surface area contributed by atoms with E-state index in [0.717, 1.165) is 0 Å². The molecule has 0 atom stereocenters. The van der Waals surface area contributed by atoms with Gasteiger partial charge < -0.3 is 15.4 Å². The van der Waals surface area contributed by atoms with Crippen LogP contribution in [0.3, 0.4) is 0 Å². The van der Waals surface area contributed by atoms with Crippen molar-refractivity contribution < 1.29 is 14.3 Å². The van der Waals surface area contributed by atoms with Gasteiger partial charge in [-0.05, 0) is 24.3 Å². The highest BCUT2D eigenvalue weighted by Gasteiger charge is 2.11. The molecule has 136 valence electrons. The lowest BCUT2D eigenvalue weighted by Gasteiger charge is -2.10. The smallest absolute Gasteiger partial charge is 0.262 e. The average molecular weight is 361 g/mol. The van der Waals surface area contributed by atoms with E-state index in [1.54, 1.807) is 36.4 Å². The topological polar surface area (TPSA) is 91.2 Å². The predicted octanol–water partition coefficient (Wildman–Crippen LogP) is 2.91. The molecule has 2 aromatic rings. The van der Waals surface area contributed by atoms with Crippen molar-refractivity contribution in [1.29, 1.82) is 5.26 Å². The Morgan fingerprint density at radius 1 is 1.11 bits per heavy atom. The van der Waals surface area contributed by atoms with E-state index in [1.165, 1.54) is 12.2 Å². The highest BCUT2D eigenvalue weighted by Crippen LogP contribution is 2.21. The third-order valence-corrected chi connectivity index (χ3v) is 3.41. The normalized spacial score (nSPS) is 10.4. The van der Waals surface area contributed by atoms with E-state index >= 15 is 0 Å². The first kappa shape index (κ1) is 19.5. The van der Waals surface area contributed by atoms with Crippen molar-refractivity contribution in [3.63, 3.8) is 0 Å². The van der Waals surface area contributed by atoms with E-state index in [9.17, 15) is 14.9 Å². The molecule has 2 amide bonds. The Bertz CT molecular complexity index is 883. The molecule has 2 aromatic carbocycles. The summed E-state index contributed by atoms with van der Waals surface area (Å²) in [5, 5.41) is 14.5. The molecule has 0 aliphatic carbocycles. The lowest BCUT2D eigenvalue weighted by atomic mass is 10.1. The van der Waals surface area contributed by atoms with E-state index in [0.29, 0.717) is 17.0 Å². The maximum atomic E-state index is 12.0. The second-order valence-electron chi connectivity index (χ2n) is 5.41. The molecule has 0 fully saturated rings. The van der Waals surface area contributed by atoms with Crippen LogP contribution in [0.2, 0.25) is 0 Å². The van der Waals surface area contributed by atoms with E-state index in [-0.39, 0.29) is 24.6 Å². The number of carbonyl (C=O) groups excluding carboxylic acids is 2. The van der Waals surface area contributed by atoms with Crippen LogP contribution in [0, 0.1) is 11.3 Å². The predicted molar refractivity (Wildman–Crippen MR) is 104 cm³/mol. The third kappa shape index (κ3) is 6.18. The van der Waals surface area contributed by atoms with Gasteiger partial charge in [-0.3, -0.25) is 9.59 Å². The molecule has 0 radical (unpaired) electrons. The number of nitrogens with zero attached hydrogens (tertiary/aromatic N) is 1. The molecule has 0 saturated carbocycles. The standard InChI is InChI=1S/C21H19N3O3/c1-2-12-23-21(26)17(14-22)13-16-8-6-7-11-19(16)27-15-20(25)24-18-9-4-3-5-10-18/h2-11,13H,1,12,15H2,(H,23,26)(H,24,25)/b17-13+. The number of nitrogens with one attached hydrogen (secondary N) is 2. The van der Waals surface area contributed by atoms with Crippen LogP contribution in [0.1, 0.15) is 5.56 Å². The van der Waals surface area contributed by atoms with Crippen LogP contribution >= 0.6 is 0 Å². The van der Waals surface area contributed by atoms with Gasteiger partial charge in [0.25, 0.3) is 11.8 Å². The molecule has 0 bridgehead atoms. The van der Waals surface area contributed by atoms with Crippen LogP contribution in [0.25, 0.3) is 6.08 Å². The van der Waals surface area contributed by atoms with Gasteiger partial charge in [0.2, 0.25) is 0 Å². The summed E-state index contributed by atoms with van der Waals surface area (Å²) in [5.41, 5.74) is 1.13. The van der Waals surface area contributed by atoms with Gasteiger partial charge in [-0.1, -0.05) is 42.5 Å². The van der Waals surface area contributed by atoms with Gasteiger partial charge in [0.1, 0.15) is 17.4 Å². The zero-order chi connectivity index (χ0) is 19.5. The summed E-state index contributed by atoms with van der Waals surface area (Å²) in [7, 11) is 0. The van der Waals surface area contributed by atoms with Gasteiger partial charge in [0.05, 0.1) is 0 Å². The van der Waals surface area contributed by atoms with Crippen LogP contribution in [-0.4, -0.2) is 25.0 Å². The number of hydrogen-bond donors (Lipinski definition) is 2. The van der Waals surface area contributed by atoms with Crippen molar-refractivity contribution in [1.82, 2.24) is 5.32 Å². The van der Waals surface area contributed by atoms with Crippen molar-refractivity contribution in [2.45, 2.75) is 0 Å². The second-order valence-corrected chi connectivity index (χ2v) is 5.41. The number of nitriles is 1. The molecule has 2 N–H and O–H groups in total. The summed E-state index contributed by atoms with van der Waals surface area (Å²) in [4.78, 5) is 24.0. The largest absolute Gasteiger partial charge is 0.483 e. The van der Waals surface area contributed by atoms with Gasteiger partial charge in [-0.25, -0.2) is 0 Å². The Balaban J connectivity index is 2.07. The maximum absolute atomic E-state index is 12.0. The number of para-hydroxylation sites is 2. The summed E-state index contributed by atoms with van der Waals surface area (Å²) in [6, 6.07) is 17.8. The molecule has 0 aliphatic rings. The molecule has 0 aliphatic heterocycles. The van der Waals surface area contributed by atoms with E-state index in [4.69, 9.17) is 4.74 Å². The van der Waals surface area contributed by atoms with Crippen molar-refractivity contribution >= 4 is 23.6 Å². The zero-order valence-corrected chi connectivity index (χ0v) is 14.6.